The van der Waals surface area contributed by atoms with Crippen molar-refractivity contribution < 1.29 is 28.6 Å². The zero-order chi connectivity index (χ0) is 46.5. The molecule has 0 unspecified atom stereocenters. The summed E-state index contributed by atoms with van der Waals surface area (Å²) in [6.07, 6.45) is 67.1. The Morgan fingerprint density at radius 1 is 0.312 bits per heavy atom. The SMILES string of the molecule is CCCCC/C=C\C/C=C\C/C=C\C/C=C\CCCC(=O)OC[C@@H](COC(=O)CCCCCCC/C=C\CCCCC)OC(=O)CCCCCCCCC/C=C\C/C=C\CCCCC. The number of carbonyl (C=O) groups excluding carboxylic acids is 3. The van der Waals surface area contributed by atoms with Gasteiger partial charge in [0.25, 0.3) is 0 Å². The van der Waals surface area contributed by atoms with Gasteiger partial charge >= 0.3 is 17.9 Å². The highest BCUT2D eigenvalue weighted by Gasteiger charge is 2.19. The van der Waals surface area contributed by atoms with Gasteiger partial charge < -0.3 is 14.2 Å². The van der Waals surface area contributed by atoms with Gasteiger partial charge in [-0.05, 0) is 116 Å². The number of hydrogen-bond donors (Lipinski definition) is 0. The third-order valence-corrected chi connectivity index (χ3v) is 11.1. The molecule has 0 amide bonds. The summed E-state index contributed by atoms with van der Waals surface area (Å²) in [6.45, 7) is 6.50. The Kier molecular flexibility index (Phi) is 49.4. The molecule has 0 rings (SSSR count). The van der Waals surface area contributed by atoms with Crippen LogP contribution in [0, 0.1) is 0 Å². The lowest BCUT2D eigenvalue weighted by Gasteiger charge is -2.18. The van der Waals surface area contributed by atoms with Crippen LogP contribution in [0.4, 0.5) is 0 Å². The predicted octanol–water partition coefficient (Wildman–Crippen LogP) is 17.6. The van der Waals surface area contributed by atoms with Crippen LogP contribution in [0.5, 0.6) is 0 Å². The summed E-state index contributed by atoms with van der Waals surface area (Å²) in [7, 11) is 0. The lowest BCUT2D eigenvalue weighted by atomic mass is 10.1. The maximum Gasteiger partial charge on any atom is 0.306 e. The summed E-state index contributed by atoms with van der Waals surface area (Å²) < 4.78 is 16.7. The van der Waals surface area contributed by atoms with Crippen LogP contribution in [0.25, 0.3) is 0 Å². The Balaban J connectivity index is 4.49. The van der Waals surface area contributed by atoms with E-state index in [1.165, 1.54) is 109 Å². The van der Waals surface area contributed by atoms with Gasteiger partial charge in [0.2, 0.25) is 0 Å². The topological polar surface area (TPSA) is 78.9 Å². The van der Waals surface area contributed by atoms with Crippen LogP contribution >= 0.6 is 0 Å². The van der Waals surface area contributed by atoms with Crippen molar-refractivity contribution in [2.24, 2.45) is 0 Å². The van der Waals surface area contributed by atoms with Crippen molar-refractivity contribution in [3.05, 3.63) is 85.1 Å². The molecule has 0 aromatic carbocycles. The van der Waals surface area contributed by atoms with Crippen molar-refractivity contribution >= 4 is 17.9 Å². The van der Waals surface area contributed by atoms with Crippen LogP contribution in [-0.2, 0) is 28.6 Å². The summed E-state index contributed by atoms with van der Waals surface area (Å²) in [5.74, 6) is -0.977. The van der Waals surface area contributed by atoms with E-state index >= 15 is 0 Å². The minimum Gasteiger partial charge on any atom is -0.462 e. The standard InChI is InChI=1S/C58H98O6/c1-4-7-10-13-16-19-22-25-27-29-31-33-36-39-42-45-48-51-57(60)63-54-55(53-62-56(59)50-47-44-41-38-35-24-21-18-15-12-9-6-3)64-58(61)52-49-46-43-40-37-34-32-30-28-26-23-20-17-14-11-8-5-2/h16-21,25-28,31,33,39,42,55H,4-15,22-24,29-30,32,34-38,40-41,43-54H2,1-3H3/b19-16-,20-17-,21-18-,27-25-,28-26-,33-31-,42-39-/t55-/m1/s1. The zero-order valence-electron chi connectivity index (χ0n) is 41.8. The van der Waals surface area contributed by atoms with E-state index in [9.17, 15) is 14.4 Å². The smallest absolute Gasteiger partial charge is 0.306 e. The number of unbranched alkanes of at least 4 members (excludes halogenated alkanes) is 22. The van der Waals surface area contributed by atoms with Crippen molar-refractivity contribution in [1.82, 2.24) is 0 Å². The second-order valence-corrected chi connectivity index (χ2v) is 17.4. The Hall–Kier alpha value is -3.41. The highest BCUT2D eigenvalue weighted by Crippen LogP contribution is 2.13. The third-order valence-electron chi connectivity index (χ3n) is 11.1. The lowest BCUT2D eigenvalue weighted by molar-refractivity contribution is -0.167. The van der Waals surface area contributed by atoms with Gasteiger partial charge in [0.05, 0.1) is 0 Å². The highest BCUT2D eigenvalue weighted by molar-refractivity contribution is 5.71. The first-order valence-electron chi connectivity index (χ1n) is 26.6. The number of esters is 3. The fraction of sp³-hybridized carbons (Fsp3) is 0.707. The van der Waals surface area contributed by atoms with Crippen LogP contribution in [0.3, 0.4) is 0 Å². The molecular formula is C58H98O6. The van der Waals surface area contributed by atoms with E-state index < -0.39 is 6.10 Å². The van der Waals surface area contributed by atoms with Gasteiger partial charge in [-0.1, -0.05) is 196 Å². The van der Waals surface area contributed by atoms with Gasteiger partial charge in [-0.3, -0.25) is 14.4 Å². The second kappa shape index (κ2) is 52.2. The highest BCUT2D eigenvalue weighted by atomic mass is 16.6. The van der Waals surface area contributed by atoms with Crippen LogP contribution in [0.2, 0.25) is 0 Å². The third kappa shape index (κ3) is 49.6. The Morgan fingerprint density at radius 2 is 0.578 bits per heavy atom. The maximum atomic E-state index is 12.8. The van der Waals surface area contributed by atoms with Gasteiger partial charge in [-0.25, -0.2) is 0 Å². The molecule has 0 aromatic rings. The van der Waals surface area contributed by atoms with Crippen molar-refractivity contribution in [2.45, 2.75) is 252 Å². The van der Waals surface area contributed by atoms with Crippen molar-refractivity contribution in [2.75, 3.05) is 13.2 Å². The Labute approximate surface area is 395 Å². The summed E-state index contributed by atoms with van der Waals surface area (Å²) >= 11 is 0. The van der Waals surface area contributed by atoms with Gasteiger partial charge in [0.15, 0.2) is 6.10 Å². The molecule has 0 aliphatic heterocycles. The minimum atomic E-state index is -0.806. The molecule has 0 heterocycles. The first kappa shape index (κ1) is 60.6. The van der Waals surface area contributed by atoms with Crippen molar-refractivity contribution in [3.63, 3.8) is 0 Å². The Bertz CT molecular complexity index is 1250. The first-order chi connectivity index (χ1) is 31.5. The summed E-state index contributed by atoms with van der Waals surface area (Å²) in [5.41, 5.74) is 0. The molecule has 0 spiro atoms. The molecule has 6 nitrogen and oxygen atoms in total. The molecule has 6 heteroatoms. The zero-order valence-corrected chi connectivity index (χ0v) is 41.8. The first-order valence-corrected chi connectivity index (χ1v) is 26.6. The number of ether oxygens (including phenoxy) is 3. The van der Waals surface area contributed by atoms with Crippen LogP contribution in [0.1, 0.15) is 245 Å². The second-order valence-electron chi connectivity index (χ2n) is 17.4. The molecule has 0 N–H and O–H groups in total. The van der Waals surface area contributed by atoms with Crippen LogP contribution < -0.4 is 0 Å². The molecule has 0 fully saturated rings. The number of carbonyl (C=O) groups is 3. The van der Waals surface area contributed by atoms with E-state index in [0.717, 1.165) is 89.9 Å². The van der Waals surface area contributed by atoms with E-state index in [-0.39, 0.29) is 37.5 Å². The molecule has 366 valence electrons. The maximum absolute atomic E-state index is 12.8. The molecule has 0 radical (unpaired) electrons. The molecule has 1 atom stereocenters. The van der Waals surface area contributed by atoms with Crippen molar-refractivity contribution in [1.29, 1.82) is 0 Å². The predicted molar refractivity (Wildman–Crippen MR) is 274 cm³/mol. The average molecular weight is 891 g/mol. The molecule has 0 aliphatic carbocycles. The van der Waals surface area contributed by atoms with E-state index in [0.29, 0.717) is 19.3 Å². The quantitative estimate of drug-likeness (QED) is 0.0262. The van der Waals surface area contributed by atoms with Crippen molar-refractivity contribution in [3.8, 4) is 0 Å². The summed E-state index contributed by atoms with van der Waals surface area (Å²) in [4.78, 5) is 38.0. The summed E-state index contributed by atoms with van der Waals surface area (Å²) in [6, 6.07) is 0. The molecule has 0 aromatic heterocycles. The van der Waals surface area contributed by atoms with Gasteiger partial charge in [-0.2, -0.15) is 0 Å². The monoisotopic (exact) mass is 891 g/mol. The normalized spacial score (nSPS) is 12.7. The van der Waals surface area contributed by atoms with E-state index in [2.05, 4.69) is 106 Å². The van der Waals surface area contributed by atoms with Crippen LogP contribution in [-0.4, -0.2) is 37.2 Å². The largest absolute Gasteiger partial charge is 0.462 e. The number of hydrogen-bond acceptors (Lipinski definition) is 6. The van der Waals surface area contributed by atoms with E-state index in [1.807, 2.05) is 0 Å². The average Bonchev–Trinajstić information content (AvgIpc) is 3.29. The molecule has 0 saturated carbocycles. The summed E-state index contributed by atoms with van der Waals surface area (Å²) in [5, 5.41) is 0. The molecule has 0 bridgehead atoms. The molecule has 0 saturated heterocycles. The molecule has 0 aliphatic rings. The van der Waals surface area contributed by atoms with E-state index in [1.54, 1.807) is 0 Å². The fourth-order valence-corrected chi connectivity index (χ4v) is 7.05. The minimum absolute atomic E-state index is 0.102. The Morgan fingerprint density at radius 3 is 0.953 bits per heavy atom. The fourth-order valence-electron chi connectivity index (χ4n) is 7.05. The molecular weight excluding hydrogens is 793 g/mol. The number of rotatable bonds is 47. The van der Waals surface area contributed by atoms with Gasteiger partial charge in [0, 0.05) is 19.3 Å². The van der Waals surface area contributed by atoms with Gasteiger partial charge in [0.1, 0.15) is 13.2 Å². The van der Waals surface area contributed by atoms with Gasteiger partial charge in [-0.15, -0.1) is 0 Å². The molecule has 64 heavy (non-hydrogen) atoms. The number of allylic oxidation sites excluding steroid dienone is 14. The lowest BCUT2D eigenvalue weighted by Crippen LogP contribution is -2.30. The van der Waals surface area contributed by atoms with E-state index in [4.69, 9.17) is 14.2 Å². The van der Waals surface area contributed by atoms with Crippen LogP contribution in [0.15, 0.2) is 85.1 Å².